The molecule has 0 bridgehead atoms. The van der Waals surface area contributed by atoms with Gasteiger partial charge < -0.3 is 14.5 Å². The number of hydrogen-bond acceptors (Lipinski definition) is 3. The molecule has 0 atom stereocenters. The van der Waals surface area contributed by atoms with Gasteiger partial charge in [-0.1, -0.05) is 152 Å². The first-order chi connectivity index (χ1) is 24.0. The van der Waals surface area contributed by atoms with Gasteiger partial charge in [0.1, 0.15) is 0 Å². The molecule has 0 saturated carbocycles. The summed E-state index contributed by atoms with van der Waals surface area (Å²) in [4.78, 5) is 16.8. The second kappa shape index (κ2) is 33.3. The van der Waals surface area contributed by atoms with Crippen LogP contribution in [0.1, 0.15) is 187 Å². The first-order valence-corrected chi connectivity index (χ1v) is 21.2. The monoisotopic (exact) mass is 683 g/mol. The van der Waals surface area contributed by atoms with Crippen molar-refractivity contribution in [3.8, 4) is 0 Å². The first kappa shape index (κ1) is 45.2. The average Bonchev–Trinajstić information content (AvgIpc) is 3.07. The van der Waals surface area contributed by atoms with Crippen LogP contribution in [0.15, 0.2) is 48.6 Å². The number of carbonyl (C=O) groups is 1. The van der Waals surface area contributed by atoms with E-state index in [1.807, 2.05) is 4.90 Å². The molecule has 1 rings (SSSR count). The highest BCUT2D eigenvalue weighted by molar-refractivity contribution is 5.69. The molecule has 1 saturated heterocycles. The number of nitrogens with zero attached hydrogens (tertiary/aromatic N) is 2. The number of amides is 1. The molecular formula is C45H82N2O2. The van der Waals surface area contributed by atoms with Gasteiger partial charge in [-0.2, -0.15) is 0 Å². The van der Waals surface area contributed by atoms with E-state index in [2.05, 4.69) is 81.5 Å². The average molecular weight is 683 g/mol. The van der Waals surface area contributed by atoms with Crippen LogP contribution in [0, 0.1) is 5.41 Å². The normalized spacial score (nSPS) is 14.8. The number of unbranched alkanes of at least 4 members (excludes halogenated alkanes) is 18. The summed E-state index contributed by atoms with van der Waals surface area (Å²) in [7, 11) is 4.13. The molecule has 1 amide bonds. The molecule has 0 unspecified atom stereocenters. The van der Waals surface area contributed by atoms with Crippen molar-refractivity contribution in [3.05, 3.63) is 48.6 Å². The van der Waals surface area contributed by atoms with Crippen LogP contribution in [0.4, 0.5) is 4.79 Å². The minimum Gasteiger partial charge on any atom is -0.449 e. The third-order valence-corrected chi connectivity index (χ3v) is 10.1. The maximum Gasteiger partial charge on any atom is 0.409 e. The smallest absolute Gasteiger partial charge is 0.409 e. The molecule has 284 valence electrons. The van der Waals surface area contributed by atoms with E-state index in [1.165, 1.54) is 154 Å². The summed E-state index contributed by atoms with van der Waals surface area (Å²) in [5.41, 5.74) is 0.327. The fourth-order valence-corrected chi connectivity index (χ4v) is 6.94. The van der Waals surface area contributed by atoms with Crippen LogP contribution in [0.2, 0.25) is 0 Å². The lowest BCUT2D eigenvalue weighted by Gasteiger charge is -2.50. The maximum atomic E-state index is 12.7. The highest BCUT2D eigenvalue weighted by Crippen LogP contribution is 2.41. The molecular weight excluding hydrogens is 601 g/mol. The van der Waals surface area contributed by atoms with Gasteiger partial charge in [0.25, 0.3) is 0 Å². The molecule has 1 heterocycles. The van der Waals surface area contributed by atoms with E-state index < -0.39 is 0 Å². The van der Waals surface area contributed by atoms with Gasteiger partial charge in [-0.05, 0) is 97.6 Å². The third kappa shape index (κ3) is 27.6. The van der Waals surface area contributed by atoms with Crippen LogP contribution in [0.25, 0.3) is 0 Å². The SMILES string of the molecule is CCCCC/C=C\C/C=C\CCCCCCCCC1(CCCCCCCC/C=C\C/C=C\CCCCC)CN(C(=O)OCCCN(C)C)C1. The van der Waals surface area contributed by atoms with Crippen LogP contribution < -0.4 is 0 Å². The molecule has 49 heavy (non-hydrogen) atoms. The minimum atomic E-state index is -0.0940. The number of likely N-dealkylation sites (tertiary alicyclic amines) is 1. The molecule has 0 aromatic rings. The molecule has 1 aliphatic heterocycles. The lowest BCUT2D eigenvalue weighted by Crippen LogP contribution is -2.58. The van der Waals surface area contributed by atoms with Gasteiger partial charge >= 0.3 is 6.09 Å². The Balaban J connectivity index is 2.22. The van der Waals surface area contributed by atoms with Crippen LogP contribution in [0.5, 0.6) is 0 Å². The Kier molecular flexibility index (Phi) is 30.8. The van der Waals surface area contributed by atoms with E-state index in [0.717, 1.165) is 38.9 Å². The van der Waals surface area contributed by atoms with Gasteiger partial charge in [0.15, 0.2) is 0 Å². The molecule has 0 spiro atoms. The molecule has 1 fully saturated rings. The standard InChI is InChI=1S/C45H82N2O2/c1-5-7-9-11-13-15-17-19-21-23-25-27-29-31-33-35-38-45(42-47(43-45)44(48)49-41-37-40-46(3)4)39-36-34-32-30-28-26-24-22-20-18-16-14-12-10-8-6-2/h13-16,19-22H,5-12,17-18,23-43H2,1-4H3/b15-13-,16-14-,21-19-,22-20-. The zero-order valence-electron chi connectivity index (χ0n) is 33.3. The molecule has 0 aromatic carbocycles. The van der Waals surface area contributed by atoms with Gasteiger partial charge in [0.2, 0.25) is 0 Å². The van der Waals surface area contributed by atoms with Crippen molar-refractivity contribution in [1.29, 1.82) is 0 Å². The van der Waals surface area contributed by atoms with E-state index in [9.17, 15) is 4.79 Å². The highest BCUT2D eigenvalue weighted by atomic mass is 16.6. The van der Waals surface area contributed by atoms with Gasteiger partial charge in [0, 0.05) is 25.0 Å². The summed E-state index contributed by atoms with van der Waals surface area (Å²) in [6.07, 6.45) is 53.2. The summed E-state index contributed by atoms with van der Waals surface area (Å²) in [6.45, 7) is 7.82. The number of rotatable bonds is 34. The van der Waals surface area contributed by atoms with Crippen LogP contribution in [-0.2, 0) is 4.74 Å². The molecule has 0 N–H and O–H groups in total. The Labute approximate surface area is 306 Å². The first-order valence-electron chi connectivity index (χ1n) is 21.2. The topological polar surface area (TPSA) is 32.8 Å². The van der Waals surface area contributed by atoms with Crippen molar-refractivity contribution in [3.63, 3.8) is 0 Å². The Morgan fingerprint density at radius 1 is 0.551 bits per heavy atom. The molecule has 4 heteroatoms. The van der Waals surface area contributed by atoms with E-state index in [4.69, 9.17) is 4.74 Å². The van der Waals surface area contributed by atoms with Crippen molar-refractivity contribution in [2.75, 3.05) is 40.3 Å². The van der Waals surface area contributed by atoms with Gasteiger partial charge in [-0.3, -0.25) is 0 Å². The number of carbonyl (C=O) groups excluding carboxylic acids is 1. The Morgan fingerprint density at radius 2 is 0.939 bits per heavy atom. The molecule has 1 aliphatic rings. The fourth-order valence-electron chi connectivity index (χ4n) is 6.94. The predicted octanol–water partition coefficient (Wildman–Crippen LogP) is 13.8. The number of allylic oxidation sites excluding steroid dienone is 8. The van der Waals surface area contributed by atoms with E-state index in [1.54, 1.807) is 0 Å². The van der Waals surface area contributed by atoms with Crippen LogP contribution >= 0.6 is 0 Å². The summed E-state index contributed by atoms with van der Waals surface area (Å²) < 4.78 is 5.60. The van der Waals surface area contributed by atoms with E-state index >= 15 is 0 Å². The van der Waals surface area contributed by atoms with E-state index in [0.29, 0.717) is 12.0 Å². The van der Waals surface area contributed by atoms with Gasteiger partial charge in [0.05, 0.1) is 6.61 Å². The lowest BCUT2D eigenvalue weighted by molar-refractivity contribution is -0.0174. The van der Waals surface area contributed by atoms with E-state index in [-0.39, 0.29) is 6.09 Å². The summed E-state index contributed by atoms with van der Waals surface area (Å²) in [5.74, 6) is 0. The lowest BCUT2D eigenvalue weighted by atomic mass is 9.72. The Morgan fingerprint density at radius 3 is 1.35 bits per heavy atom. The Bertz CT molecular complexity index is 802. The second-order valence-corrected chi connectivity index (χ2v) is 15.3. The minimum absolute atomic E-state index is 0.0940. The summed E-state index contributed by atoms with van der Waals surface area (Å²) in [5, 5.41) is 0. The van der Waals surface area contributed by atoms with Gasteiger partial charge in [-0.25, -0.2) is 4.79 Å². The van der Waals surface area contributed by atoms with Crippen LogP contribution in [-0.4, -0.2) is 56.2 Å². The van der Waals surface area contributed by atoms with Crippen molar-refractivity contribution in [2.24, 2.45) is 5.41 Å². The quantitative estimate of drug-likeness (QED) is 0.0500. The molecule has 0 aromatic heterocycles. The van der Waals surface area contributed by atoms with Crippen molar-refractivity contribution in [2.45, 2.75) is 187 Å². The van der Waals surface area contributed by atoms with Gasteiger partial charge in [-0.15, -0.1) is 0 Å². The van der Waals surface area contributed by atoms with Crippen molar-refractivity contribution < 1.29 is 9.53 Å². The molecule has 0 radical (unpaired) electrons. The molecule has 0 aliphatic carbocycles. The number of ether oxygens (including phenoxy) is 1. The second-order valence-electron chi connectivity index (χ2n) is 15.3. The summed E-state index contributed by atoms with van der Waals surface area (Å²) >= 11 is 0. The Hall–Kier alpha value is -1.81. The summed E-state index contributed by atoms with van der Waals surface area (Å²) in [6, 6.07) is 0. The largest absolute Gasteiger partial charge is 0.449 e. The zero-order chi connectivity index (χ0) is 35.5. The zero-order valence-corrected chi connectivity index (χ0v) is 33.3. The maximum absolute atomic E-state index is 12.7. The molecule has 4 nitrogen and oxygen atoms in total. The predicted molar refractivity (Wildman–Crippen MR) is 216 cm³/mol. The third-order valence-electron chi connectivity index (χ3n) is 10.1. The fraction of sp³-hybridized carbons (Fsp3) is 0.800. The van der Waals surface area contributed by atoms with Crippen molar-refractivity contribution in [1.82, 2.24) is 9.80 Å². The number of hydrogen-bond donors (Lipinski definition) is 0. The van der Waals surface area contributed by atoms with Crippen LogP contribution in [0.3, 0.4) is 0 Å². The highest BCUT2D eigenvalue weighted by Gasteiger charge is 2.44. The van der Waals surface area contributed by atoms with Crippen molar-refractivity contribution >= 4 is 6.09 Å².